The Hall–Kier alpha value is -2.03. The van der Waals surface area contributed by atoms with Gasteiger partial charge in [0.1, 0.15) is 0 Å². The number of nitrogens with zero attached hydrogens (tertiary/aromatic N) is 1. The van der Waals surface area contributed by atoms with Crippen LogP contribution in [0.25, 0.3) is 5.69 Å². The minimum atomic E-state index is 0.0728. The van der Waals surface area contributed by atoms with Crippen LogP contribution >= 0.6 is 0 Å². The highest BCUT2D eigenvalue weighted by Gasteiger charge is 2.04. The first-order valence-electron chi connectivity index (χ1n) is 6.67. The normalized spacial score (nSPS) is 10.5. The van der Waals surface area contributed by atoms with Crippen molar-refractivity contribution in [3.8, 4) is 5.69 Å². The second-order valence-electron chi connectivity index (χ2n) is 4.80. The Balaban J connectivity index is 2.17. The molecule has 3 heteroatoms. The maximum Gasteiger partial charge on any atom is 0.224 e. The fraction of sp³-hybridized carbons (Fsp3) is 0.312. The lowest BCUT2D eigenvalue weighted by Gasteiger charge is -2.10. The van der Waals surface area contributed by atoms with Crippen LogP contribution in [0.3, 0.4) is 0 Å². The molecule has 0 fully saturated rings. The molecule has 0 spiro atoms. The van der Waals surface area contributed by atoms with E-state index >= 15 is 0 Å². The number of rotatable bonds is 4. The van der Waals surface area contributed by atoms with E-state index in [1.807, 2.05) is 31.2 Å². The van der Waals surface area contributed by atoms with Crippen LogP contribution in [0.2, 0.25) is 0 Å². The lowest BCUT2D eigenvalue weighted by molar-refractivity contribution is -0.116. The molecule has 1 amide bonds. The largest absolute Gasteiger partial charge is 0.326 e. The van der Waals surface area contributed by atoms with E-state index in [0.717, 1.165) is 17.8 Å². The highest BCUT2D eigenvalue weighted by molar-refractivity contribution is 5.90. The van der Waals surface area contributed by atoms with Gasteiger partial charge in [0.05, 0.1) is 0 Å². The lowest BCUT2D eigenvalue weighted by Crippen LogP contribution is -2.10. The quantitative estimate of drug-likeness (QED) is 0.886. The van der Waals surface area contributed by atoms with Gasteiger partial charge in [-0.1, -0.05) is 6.92 Å². The van der Waals surface area contributed by atoms with Crippen molar-refractivity contribution < 1.29 is 4.79 Å². The van der Waals surface area contributed by atoms with Crippen LogP contribution in [0, 0.1) is 13.8 Å². The molecule has 0 atom stereocenters. The van der Waals surface area contributed by atoms with Gasteiger partial charge in [-0.15, -0.1) is 0 Å². The summed E-state index contributed by atoms with van der Waals surface area (Å²) in [5, 5.41) is 2.90. The molecule has 0 unspecified atom stereocenters. The summed E-state index contributed by atoms with van der Waals surface area (Å²) in [5.74, 6) is 0.0728. The Kier molecular flexibility index (Phi) is 4.05. The molecule has 0 radical (unpaired) electrons. The smallest absolute Gasteiger partial charge is 0.224 e. The molecule has 1 heterocycles. The van der Waals surface area contributed by atoms with E-state index in [4.69, 9.17) is 0 Å². The van der Waals surface area contributed by atoms with Crippen LogP contribution in [0.5, 0.6) is 0 Å². The number of amides is 1. The summed E-state index contributed by atoms with van der Waals surface area (Å²) >= 11 is 0. The molecule has 19 heavy (non-hydrogen) atoms. The number of aromatic nitrogens is 1. The van der Waals surface area contributed by atoms with Crippen molar-refractivity contribution in [2.24, 2.45) is 0 Å². The zero-order valence-electron chi connectivity index (χ0n) is 11.7. The summed E-state index contributed by atoms with van der Waals surface area (Å²) in [6.45, 7) is 6.17. The Bertz CT molecular complexity index is 547. The number of carbonyl (C=O) groups is 1. The van der Waals surface area contributed by atoms with Crippen molar-refractivity contribution in [1.29, 1.82) is 0 Å². The van der Waals surface area contributed by atoms with Crippen molar-refractivity contribution >= 4 is 11.6 Å². The number of aryl methyl sites for hydroxylation is 2. The molecule has 0 aliphatic carbocycles. The fourth-order valence-electron chi connectivity index (χ4n) is 2.22. The molecule has 0 saturated carbocycles. The molecule has 3 nitrogen and oxygen atoms in total. The molecule has 0 aliphatic heterocycles. The van der Waals surface area contributed by atoms with Gasteiger partial charge in [-0.3, -0.25) is 4.79 Å². The average Bonchev–Trinajstić information content (AvgIpc) is 2.71. The Morgan fingerprint density at radius 1 is 1.05 bits per heavy atom. The van der Waals surface area contributed by atoms with Gasteiger partial charge in [-0.2, -0.15) is 0 Å². The monoisotopic (exact) mass is 256 g/mol. The van der Waals surface area contributed by atoms with E-state index in [2.05, 4.69) is 35.9 Å². The van der Waals surface area contributed by atoms with Crippen molar-refractivity contribution in [3.05, 3.63) is 47.8 Å². The number of hydrogen-bond donors (Lipinski definition) is 1. The fourth-order valence-corrected chi connectivity index (χ4v) is 2.22. The van der Waals surface area contributed by atoms with Gasteiger partial charge in [0.15, 0.2) is 0 Å². The van der Waals surface area contributed by atoms with Crippen LogP contribution in [-0.4, -0.2) is 10.5 Å². The Labute approximate surface area is 114 Å². The van der Waals surface area contributed by atoms with Gasteiger partial charge in [-0.25, -0.2) is 0 Å². The first-order chi connectivity index (χ1) is 9.11. The molecule has 1 aromatic carbocycles. The molecule has 0 saturated heterocycles. The molecular weight excluding hydrogens is 236 g/mol. The predicted octanol–water partition coefficient (Wildman–Crippen LogP) is 3.83. The van der Waals surface area contributed by atoms with Crippen LogP contribution in [0.1, 0.15) is 31.2 Å². The Morgan fingerprint density at radius 3 is 2.16 bits per heavy atom. The van der Waals surface area contributed by atoms with Crippen LogP contribution in [0.4, 0.5) is 5.69 Å². The van der Waals surface area contributed by atoms with Gasteiger partial charge in [0.2, 0.25) is 5.91 Å². The van der Waals surface area contributed by atoms with Crippen LogP contribution in [0.15, 0.2) is 36.4 Å². The van der Waals surface area contributed by atoms with Crippen molar-refractivity contribution in [2.45, 2.75) is 33.6 Å². The van der Waals surface area contributed by atoms with Crippen molar-refractivity contribution in [3.63, 3.8) is 0 Å². The second kappa shape index (κ2) is 5.74. The van der Waals surface area contributed by atoms with E-state index in [1.54, 1.807) is 0 Å². The molecule has 100 valence electrons. The summed E-state index contributed by atoms with van der Waals surface area (Å²) < 4.78 is 2.19. The summed E-state index contributed by atoms with van der Waals surface area (Å²) in [4.78, 5) is 11.5. The summed E-state index contributed by atoms with van der Waals surface area (Å²) in [7, 11) is 0. The standard InChI is InChI=1S/C16H20N2O/c1-4-5-16(19)17-14-8-10-15(11-9-14)18-12(2)6-7-13(18)3/h6-11H,4-5H2,1-3H3,(H,17,19). The molecule has 0 bridgehead atoms. The maximum absolute atomic E-state index is 11.5. The highest BCUT2D eigenvalue weighted by atomic mass is 16.1. The van der Waals surface area contributed by atoms with E-state index in [9.17, 15) is 4.79 Å². The molecule has 2 rings (SSSR count). The highest BCUT2D eigenvalue weighted by Crippen LogP contribution is 2.18. The zero-order chi connectivity index (χ0) is 13.8. The maximum atomic E-state index is 11.5. The van der Waals surface area contributed by atoms with Gasteiger partial charge in [0.25, 0.3) is 0 Å². The van der Waals surface area contributed by atoms with Crippen molar-refractivity contribution in [1.82, 2.24) is 4.57 Å². The van der Waals surface area contributed by atoms with Gasteiger partial charge >= 0.3 is 0 Å². The van der Waals surface area contributed by atoms with Gasteiger partial charge < -0.3 is 9.88 Å². The van der Waals surface area contributed by atoms with Crippen LogP contribution < -0.4 is 5.32 Å². The van der Waals surface area contributed by atoms with Gasteiger partial charge in [-0.05, 0) is 56.7 Å². The third-order valence-electron chi connectivity index (χ3n) is 3.16. The van der Waals surface area contributed by atoms with E-state index in [0.29, 0.717) is 6.42 Å². The Morgan fingerprint density at radius 2 is 1.63 bits per heavy atom. The number of hydrogen-bond acceptors (Lipinski definition) is 1. The third kappa shape index (κ3) is 3.05. The van der Waals surface area contributed by atoms with Gasteiger partial charge in [0, 0.05) is 29.2 Å². The number of carbonyl (C=O) groups excluding carboxylic acids is 1. The summed E-state index contributed by atoms with van der Waals surface area (Å²) in [6.07, 6.45) is 1.43. The summed E-state index contributed by atoms with van der Waals surface area (Å²) in [6, 6.07) is 12.2. The minimum Gasteiger partial charge on any atom is -0.326 e. The average molecular weight is 256 g/mol. The lowest BCUT2D eigenvalue weighted by atomic mass is 10.2. The number of anilines is 1. The molecule has 0 aliphatic rings. The topological polar surface area (TPSA) is 34.0 Å². The first kappa shape index (κ1) is 13.4. The van der Waals surface area contributed by atoms with E-state index < -0.39 is 0 Å². The molecule has 2 aromatic rings. The molecular formula is C16H20N2O. The summed E-state index contributed by atoms with van der Waals surface area (Å²) in [5.41, 5.74) is 4.39. The zero-order valence-corrected chi connectivity index (χ0v) is 11.7. The molecule has 1 N–H and O–H groups in total. The predicted molar refractivity (Wildman–Crippen MR) is 78.8 cm³/mol. The first-order valence-corrected chi connectivity index (χ1v) is 6.67. The van der Waals surface area contributed by atoms with Crippen LogP contribution in [-0.2, 0) is 4.79 Å². The van der Waals surface area contributed by atoms with E-state index in [-0.39, 0.29) is 5.91 Å². The minimum absolute atomic E-state index is 0.0728. The number of nitrogens with one attached hydrogen (secondary N) is 1. The van der Waals surface area contributed by atoms with E-state index in [1.165, 1.54) is 11.4 Å². The third-order valence-corrected chi connectivity index (χ3v) is 3.16. The SMILES string of the molecule is CCCC(=O)Nc1ccc(-n2c(C)ccc2C)cc1. The van der Waals surface area contributed by atoms with Crippen molar-refractivity contribution in [2.75, 3.05) is 5.32 Å². The number of benzene rings is 1. The molecule has 1 aromatic heterocycles. The second-order valence-corrected chi connectivity index (χ2v) is 4.80.